The van der Waals surface area contributed by atoms with Gasteiger partial charge in [0.1, 0.15) is 0 Å². The monoisotopic (exact) mass is 381 g/mol. The second kappa shape index (κ2) is 8.05. The Morgan fingerprint density at radius 3 is 2.75 bits per heavy atom. The predicted molar refractivity (Wildman–Crippen MR) is 110 cm³/mol. The minimum Gasteiger partial charge on any atom is -0.338 e. The molecule has 0 aliphatic carbocycles. The number of nitrogens with one attached hydrogen (secondary N) is 1. The lowest BCUT2D eigenvalue weighted by atomic mass is 9.95. The van der Waals surface area contributed by atoms with Crippen LogP contribution in [0.15, 0.2) is 42.7 Å². The van der Waals surface area contributed by atoms with Crippen LogP contribution in [0.4, 0.5) is 0 Å². The zero-order chi connectivity index (χ0) is 19.7. The van der Waals surface area contributed by atoms with Crippen molar-refractivity contribution < 1.29 is 4.79 Å². The molecular formula is C22H31N5O. The normalized spacial score (nSPS) is 26.9. The molecule has 2 aliphatic heterocycles. The molecule has 6 nitrogen and oxygen atoms in total. The van der Waals surface area contributed by atoms with Crippen molar-refractivity contribution >= 4 is 5.91 Å². The molecule has 150 valence electrons. The van der Waals surface area contributed by atoms with Gasteiger partial charge in [-0.2, -0.15) is 5.10 Å². The number of benzene rings is 1. The summed E-state index contributed by atoms with van der Waals surface area (Å²) in [7, 11) is 3.84. The van der Waals surface area contributed by atoms with E-state index in [1.165, 1.54) is 5.56 Å². The fourth-order valence-electron chi connectivity index (χ4n) is 4.79. The topological polar surface area (TPSA) is 53.4 Å². The number of aryl methyl sites for hydroxylation is 1. The summed E-state index contributed by atoms with van der Waals surface area (Å²) < 4.78 is 1.82. The van der Waals surface area contributed by atoms with E-state index in [2.05, 4.69) is 52.6 Å². The molecule has 1 aromatic carbocycles. The smallest absolute Gasteiger partial charge is 0.223 e. The molecule has 1 aromatic heterocycles. The van der Waals surface area contributed by atoms with Gasteiger partial charge in [0.15, 0.2) is 0 Å². The highest BCUT2D eigenvalue weighted by atomic mass is 16.2. The van der Waals surface area contributed by atoms with Crippen LogP contribution in [0, 0.1) is 5.92 Å². The molecule has 3 heterocycles. The Morgan fingerprint density at radius 2 is 2.04 bits per heavy atom. The van der Waals surface area contributed by atoms with Gasteiger partial charge in [0.05, 0.1) is 12.2 Å². The van der Waals surface area contributed by atoms with E-state index >= 15 is 0 Å². The molecule has 0 radical (unpaired) electrons. The maximum Gasteiger partial charge on any atom is 0.223 e. The molecule has 6 heteroatoms. The average Bonchev–Trinajstić information content (AvgIpc) is 3.41. The molecule has 0 spiro atoms. The molecule has 4 atom stereocenters. The second-order valence-electron chi connectivity index (χ2n) is 8.34. The lowest BCUT2D eigenvalue weighted by Crippen LogP contribution is -2.37. The summed E-state index contributed by atoms with van der Waals surface area (Å²) in [5.41, 5.74) is 2.51. The molecule has 1 N–H and O–H groups in total. The van der Waals surface area contributed by atoms with E-state index in [1.807, 2.05) is 36.1 Å². The van der Waals surface area contributed by atoms with Crippen LogP contribution >= 0.6 is 0 Å². The zero-order valence-corrected chi connectivity index (χ0v) is 17.1. The van der Waals surface area contributed by atoms with Crippen molar-refractivity contribution in [1.82, 2.24) is 24.9 Å². The van der Waals surface area contributed by atoms with Crippen LogP contribution < -0.4 is 5.32 Å². The summed E-state index contributed by atoms with van der Waals surface area (Å²) in [5, 5.41) is 8.06. The van der Waals surface area contributed by atoms with Crippen LogP contribution in [0.5, 0.6) is 0 Å². The highest BCUT2D eigenvalue weighted by molar-refractivity contribution is 5.79. The molecule has 2 aromatic rings. The van der Waals surface area contributed by atoms with Crippen molar-refractivity contribution in [3.63, 3.8) is 0 Å². The Bertz CT molecular complexity index is 804. The van der Waals surface area contributed by atoms with E-state index in [9.17, 15) is 4.79 Å². The first kappa shape index (κ1) is 19.2. The van der Waals surface area contributed by atoms with Crippen molar-refractivity contribution in [3.05, 3.63) is 53.9 Å². The third-order valence-electron chi connectivity index (χ3n) is 6.48. The van der Waals surface area contributed by atoms with Gasteiger partial charge in [-0.15, -0.1) is 0 Å². The number of hydrogen-bond acceptors (Lipinski definition) is 4. The largest absolute Gasteiger partial charge is 0.338 e. The fourth-order valence-corrected chi connectivity index (χ4v) is 4.79. The van der Waals surface area contributed by atoms with Crippen molar-refractivity contribution in [2.75, 3.05) is 26.7 Å². The highest BCUT2D eigenvalue weighted by Gasteiger charge is 2.39. The van der Waals surface area contributed by atoms with Gasteiger partial charge in [0.2, 0.25) is 5.91 Å². The Balaban J connectivity index is 1.34. The molecule has 4 rings (SSSR count). The summed E-state index contributed by atoms with van der Waals surface area (Å²) in [4.78, 5) is 16.8. The van der Waals surface area contributed by atoms with Crippen LogP contribution in [0.25, 0.3) is 0 Å². The predicted octanol–water partition coefficient (Wildman–Crippen LogP) is 2.36. The number of likely N-dealkylation sites (tertiary alicyclic amines) is 2. The van der Waals surface area contributed by atoms with Gasteiger partial charge in [-0.25, -0.2) is 0 Å². The number of nitrogens with zero attached hydrogens (tertiary/aromatic N) is 4. The number of amides is 1. The van der Waals surface area contributed by atoms with E-state index in [4.69, 9.17) is 0 Å². The van der Waals surface area contributed by atoms with Crippen molar-refractivity contribution in [1.29, 1.82) is 0 Å². The molecule has 2 aliphatic rings. The summed E-state index contributed by atoms with van der Waals surface area (Å²) in [6.07, 6.45) is 5.70. The fraction of sp³-hybridized carbons (Fsp3) is 0.545. The Hall–Kier alpha value is -2.18. The van der Waals surface area contributed by atoms with Gasteiger partial charge >= 0.3 is 0 Å². The first-order valence-electron chi connectivity index (χ1n) is 10.3. The quantitative estimate of drug-likeness (QED) is 0.835. The van der Waals surface area contributed by atoms with Crippen LogP contribution in [-0.4, -0.2) is 58.2 Å². The van der Waals surface area contributed by atoms with Gasteiger partial charge in [-0.1, -0.05) is 30.3 Å². The van der Waals surface area contributed by atoms with Crippen LogP contribution in [0.2, 0.25) is 0 Å². The molecule has 2 saturated heterocycles. The van der Waals surface area contributed by atoms with Crippen LogP contribution in [-0.2, 0) is 11.8 Å². The summed E-state index contributed by atoms with van der Waals surface area (Å²) in [5.74, 6) is 0.522. The number of carbonyl (C=O) groups excluding carboxylic acids is 1. The van der Waals surface area contributed by atoms with E-state index in [-0.39, 0.29) is 11.9 Å². The van der Waals surface area contributed by atoms with Gasteiger partial charge in [-0.3, -0.25) is 14.4 Å². The Kier molecular flexibility index (Phi) is 5.51. The van der Waals surface area contributed by atoms with E-state index < -0.39 is 0 Å². The van der Waals surface area contributed by atoms with E-state index in [0.29, 0.717) is 24.4 Å². The van der Waals surface area contributed by atoms with Crippen LogP contribution in [0.3, 0.4) is 0 Å². The van der Waals surface area contributed by atoms with E-state index in [0.717, 1.165) is 31.6 Å². The first-order valence-corrected chi connectivity index (χ1v) is 10.3. The van der Waals surface area contributed by atoms with Crippen molar-refractivity contribution in [2.24, 2.45) is 13.0 Å². The number of carbonyl (C=O) groups is 1. The molecule has 0 saturated carbocycles. The standard InChI is InChI=1S/C22H31N5O/c1-16(17-7-5-4-6-8-17)27-10-9-20(15-27)23-12-18-11-21(28)26(3)22(18)19-13-24-25(2)14-19/h4-8,13-14,16,18,20,22-23H,9-12,15H2,1-3H3/t16-,18-,20-,22+/m0/s1. The minimum atomic E-state index is 0.120. The van der Waals surface area contributed by atoms with Crippen molar-refractivity contribution in [3.8, 4) is 0 Å². The first-order chi connectivity index (χ1) is 13.5. The third kappa shape index (κ3) is 3.84. The number of aromatic nitrogens is 2. The average molecular weight is 382 g/mol. The molecular weight excluding hydrogens is 350 g/mol. The lowest BCUT2D eigenvalue weighted by Gasteiger charge is -2.26. The molecule has 2 fully saturated rings. The molecule has 28 heavy (non-hydrogen) atoms. The second-order valence-corrected chi connectivity index (χ2v) is 8.34. The molecule has 0 bridgehead atoms. The van der Waals surface area contributed by atoms with Gasteiger partial charge in [0.25, 0.3) is 0 Å². The summed E-state index contributed by atoms with van der Waals surface area (Å²) in [6.45, 7) is 5.34. The summed E-state index contributed by atoms with van der Waals surface area (Å²) in [6, 6.07) is 11.8. The van der Waals surface area contributed by atoms with Crippen LogP contribution in [0.1, 0.15) is 43.0 Å². The van der Waals surface area contributed by atoms with Crippen molar-refractivity contribution in [2.45, 2.75) is 37.9 Å². The minimum absolute atomic E-state index is 0.120. The summed E-state index contributed by atoms with van der Waals surface area (Å²) >= 11 is 0. The third-order valence-corrected chi connectivity index (χ3v) is 6.48. The Morgan fingerprint density at radius 1 is 1.25 bits per heavy atom. The maximum absolute atomic E-state index is 12.3. The highest BCUT2D eigenvalue weighted by Crippen LogP contribution is 2.36. The Labute approximate surface area is 167 Å². The van der Waals surface area contributed by atoms with Gasteiger partial charge < -0.3 is 10.2 Å². The van der Waals surface area contributed by atoms with Gasteiger partial charge in [0, 0.05) is 69.9 Å². The zero-order valence-electron chi connectivity index (χ0n) is 17.1. The molecule has 1 amide bonds. The number of hydrogen-bond donors (Lipinski definition) is 1. The lowest BCUT2D eigenvalue weighted by molar-refractivity contribution is -0.127. The SMILES string of the molecule is C[C@@H](c1ccccc1)N1CC[C@H](NC[C@@H]2CC(=O)N(C)[C@H]2c2cnn(C)c2)C1. The number of rotatable bonds is 6. The maximum atomic E-state index is 12.3. The molecule has 0 unspecified atom stereocenters. The van der Waals surface area contributed by atoms with Gasteiger partial charge in [-0.05, 0) is 18.9 Å². The van der Waals surface area contributed by atoms with E-state index in [1.54, 1.807) is 0 Å².